The highest BCUT2D eigenvalue weighted by molar-refractivity contribution is 5.88. The van der Waals surface area contributed by atoms with Crippen molar-refractivity contribution in [2.24, 2.45) is 7.05 Å². The number of hydrogen-bond acceptors (Lipinski definition) is 4. The molecule has 2 aromatic heterocycles. The number of aryl methyl sites for hydroxylation is 2. The summed E-state index contributed by atoms with van der Waals surface area (Å²) in [6, 6.07) is 3.33. The molecule has 0 saturated carbocycles. The molecule has 2 aromatic rings. The maximum absolute atomic E-state index is 12.2. The van der Waals surface area contributed by atoms with E-state index in [9.17, 15) is 4.79 Å². The zero-order valence-corrected chi connectivity index (χ0v) is 13.5. The van der Waals surface area contributed by atoms with Gasteiger partial charge in [-0.2, -0.15) is 5.10 Å². The van der Waals surface area contributed by atoms with Crippen molar-refractivity contribution in [2.45, 2.75) is 32.4 Å². The van der Waals surface area contributed by atoms with Crippen molar-refractivity contribution >= 4 is 11.8 Å². The van der Waals surface area contributed by atoms with Gasteiger partial charge >= 0.3 is 6.03 Å². The molecule has 3 rings (SSSR count). The molecule has 1 fully saturated rings. The van der Waals surface area contributed by atoms with E-state index in [2.05, 4.69) is 20.7 Å². The molecule has 0 bridgehead atoms. The van der Waals surface area contributed by atoms with Crippen LogP contribution in [0.2, 0.25) is 0 Å². The Bertz CT molecular complexity index is 695. The number of nitrogens with zero attached hydrogens (tertiary/aromatic N) is 3. The molecule has 1 aliphatic rings. The largest absolute Gasteiger partial charge is 0.371 e. The van der Waals surface area contributed by atoms with Crippen molar-refractivity contribution in [1.82, 2.24) is 20.1 Å². The number of urea groups is 1. The third-order valence-corrected chi connectivity index (χ3v) is 4.14. The van der Waals surface area contributed by atoms with Gasteiger partial charge in [0, 0.05) is 31.1 Å². The van der Waals surface area contributed by atoms with Crippen LogP contribution in [0.5, 0.6) is 0 Å². The summed E-state index contributed by atoms with van der Waals surface area (Å²) in [5, 5.41) is 9.97. The Morgan fingerprint density at radius 1 is 1.35 bits per heavy atom. The normalized spacial score (nSPS) is 20.5. The van der Waals surface area contributed by atoms with Crippen molar-refractivity contribution in [2.75, 3.05) is 11.9 Å². The summed E-state index contributed by atoms with van der Waals surface area (Å²) in [5.74, 6) is 0.529. The molecule has 0 radical (unpaired) electrons. The second kappa shape index (κ2) is 6.37. The summed E-state index contributed by atoms with van der Waals surface area (Å²) < 4.78 is 7.61. The maximum atomic E-state index is 12.2. The minimum Gasteiger partial charge on any atom is -0.371 e. The van der Waals surface area contributed by atoms with Gasteiger partial charge in [0.2, 0.25) is 0 Å². The van der Waals surface area contributed by atoms with E-state index in [1.165, 1.54) is 0 Å². The van der Waals surface area contributed by atoms with Crippen molar-refractivity contribution in [3.63, 3.8) is 0 Å². The molecule has 7 heteroatoms. The van der Waals surface area contributed by atoms with E-state index in [4.69, 9.17) is 4.74 Å². The van der Waals surface area contributed by atoms with Crippen LogP contribution in [0.15, 0.2) is 24.5 Å². The van der Waals surface area contributed by atoms with E-state index in [1.807, 2.05) is 31.6 Å². The van der Waals surface area contributed by atoms with E-state index in [0.29, 0.717) is 12.4 Å². The van der Waals surface area contributed by atoms with Gasteiger partial charge in [0.05, 0.1) is 12.2 Å². The fourth-order valence-corrected chi connectivity index (χ4v) is 2.70. The lowest BCUT2D eigenvalue weighted by Gasteiger charge is -2.20. The van der Waals surface area contributed by atoms with Crippen LogP contribution in [-0.2, 0) is 11.8 Å². The highest BCUT2D eigenvalue weighted by Crippen LogP contribution is 2.30. The smallest absolute Gasteiger partial charge is 0.320 e. The average molecular weight is 315 g/mol. The maximum Gasteiger partial charge on any atom is 0.320 e. The molecular weight excluding hydrogens is 294 g/mol. The minimum atomic E-state index is -0.275. The van der Waals surface area contributed by atoms with E-state index < -0.39 is 0 Å². The number of amides is 2. The highest BCUT2D eigenvalue weighted by Gasteiger charge is 2.33. The number of rotatable bonds is 3. The zero-order valence-electron chi connectivity index (χ0n) is 13.5. The second-order valence-corrected chi connectivity index (χ2v) is 5.81. The number of aromatic nitrogens is 3. The summed E-state index contributed by atoms with van der Waals surface area (Å²) >= 11 is 0. The molecule has 1 saturated heterocycles. The van der Waals surface area contributed by atoms with E-state index in [1.54, 1.807) is 18.5 Å². The minimum absolute atomic E-state index is 0.0802. The van der Waals surface area contributed by atoms with Crippen molar-refractivity contribution in [3.8, 4) is 0 Å². The van der Waals surface area contributed by atoms with Crippen LogP contribution in [-0.4, -0.2) is 33.4 Å². The Morgan fingerprint density at radius 2 is 2.17 bits per heavy atom. The van der Waals surface area contributed by atoms with Gasteiger partial charge in [-0.25, -0.2) is 9.78 Å². The molecule has 0 aromatic carbocycles. The number of carbonyl (C=O) groups is 1. The molecule has 0 spiro atoms. The molecular formula is C16H21N5O2. The Labute approximate surface area is 135 Å². The lowest BCUT2D eigenvalue weighted by atomic mass is 10.0. The molecule has 7 nitrogen and oxygen atoms in total. The Kier molecular flexibility index (Phi) is 4.29. The SMILES string of the molecule is Cc1ccc(NC(=O)N[C@H]2CCO[C@@H]2c2cnn(C)c2C)nc1. The van der Waals surface area contributed by atoms with E-state index >= 15 is 0 Å². The van der Waals surface area contributed by atoms with Crippen LogP contribution in [0.1, 0.15) is 29.3 Å². The van der Waals surface area contributed by atoms with Crippen LogP contribution in [0.25, 0.3) is 0 Å². The predicted octanol–water partition coefficient (Wildman–Crippen LogP) is 2.08. The first kappa shape index (κ1) is 15.5. The van der Waals surface area contributed by atoms with Crippen LogP contribution in [0, 0.1) is 13.8 Å². The van der Waals surface area contributed by atoms with Crippen molar-refractivity contribution < 1.29 is 9.53 Å². The van der Waals surface area contributed by atoms with Crippen LogP contribution in [0.3, 0.4) is 0 Å². The van der Waals surface area contributed by atoms with Gasteiger partial charge in [-0.3, -0.25) is 10.00 Å². The van der Waals surface area contributed by atoms with E-state index in [-0.39, 0.29) is 18.2 Å². The lowest BCUT2D eigenvalue weighted by molar-refractivity contribution is 0.0998. The van der Waals surface area contributed by atoms with Gasteiger partial charge in [-0.1, -0.05) is 6.07 Å². The molecule has 2 amide bonds. The topological polar surface area (TPSA) is 81.1 Å². The number of ether oxygens (including phenoxy) is 1. The zero-order chi connectivity index (χ0) is 16.4. The van der Waals surface area contributed by atoms with Crippen LogP contribution < -0.4 is 10.6 Å². The molecule has 23 heavy (non-hydrogen) atoms. The summed E-state index contributed by atoms with van der Waals surface area (Å²) in [6.45, 7) is 4.57. The van der Waals surface area contributed by atoms with Gasteiger partial charge in [0.1, 0.15) is 11.9 Å². The number of anilines is 1. The summed E-state index contributed by atoms with van der Waals surface area (Å²) in [5.41, 5.74) is 3.11. The van der Waals surface area contributed by atoms with Gasteiger partial charge < -0.3 is 10.1 Å². The highest BCUT2D eigenvalue weighted by atomic mass is 16.5. The molecule has 0 aliphatic carbocycles. The van der Waals surface area contributed by atoms with Crippen LogP contribution >= 0.6 is 0 Å². The predicted molar refractivity (Wildman–Crippen MR) is 86.2 cm³/mol. The van der Waals surface area contributed by atoms with Crippen molar-refractivity contribution in [1.29, 1.82) is 0 Å². The average Bonchev–Trinajstić information content (AvgIpc) is 3.09. The Hall–Kier alpha value is -2.41. The fourth-order valence-electron chi connectivity index (χ4n) is 2.70. The van der Waals surface area contributed by atoms with Gasteiger partial charge in [-0.15, -0.1) is 0 Å². The number of nitrogens with one attached hydrogen (secondary N) is 2. The van der Waals surface area contributed by atoms with Gasteiger partial charge in [0.15, 0.2) is 0 Å². The van der Waals surface area contributed by atoms with Crippen LogP contribution in [0.4, 0.5) is 10.6 Å². The first-order valence-electron chi connectivity index (χ1n) is 7.65. The monoisotopic (exact) mass is 315 g/mol. The first-order valence-corrected chi connectivity index (χ1v) is 7.65. The third kappa shape index (κ3) is 3.34. The summed E-state index contributed by atoms with van der Waals surface area (Å²) in [4.78, 5) is 16.4. The van der Waals surface area contributed by atoms with Gasteiger partial charge in [0.25, 0.3) is 0 Å². The molecule has 0 unspecified atom stereocenters. The quantitative estimate of drug-likeness (QED) is 0.908. The second-order valence-electron chi connectivity index (χ2n) is 5.81. The molecule has 3 heterocycles. The molecule has 2 N–H and O–H groups in total. The first-order chi connectivity index (χ1) is 11.0. The third-order valence-electron chi connectivity index (χ3n) is 4.14. The standard InChI is InChI=1S/C16H21N5O2/c1-10-4-5-14(17-8-10)20-16(22)19-13-6-7-23-15(13)12-9-18-21(3)11(12)2/h4-5,8-9,13,15H,6-7H2,1-3H3,(H2,17,19,20,22)/t13-,15+/m0/s1. The molecule has 2 atom stereocenters. The lowest BCUT2D eigenvalue weighted by Crippen LogP contribution is -2.39. The van der Waals surface area contributed by atoms with E-state index in [0.717, 1.165) is 23.2 Å². The van der Waals surface area contributed by atoms with Gasteiger partial charge in [-0.05, 0) is 31.9 Å². The summed E-state index contributed by atoms with van der Waals surface area (Å²) in [6.07, 6.45) is 4.13. The van der Waals surface area contributed by atoms with Crippen molar-refractivity contribution in [3.05, 3.63) is 41.3 Å². The number of hydrogen-bond donors (Lipinski definition) is 2. The fraction of sp³-hybridized carbons (Fsp3) is 0.438. The molecule has 1 aliphatic heterocycles. The number of carbonyl (C=O) groups excluding carboxylic acids is 1. The number of pyridine rings is 1. The molecule has 122 valence electrons. The Morgan fingerprint density at radius 3 is 2.83 bits per heavy atom. The summed E-state index contributed by atoms with van der Waals surface area (Å²) in [7, 11) is 1.89. The Balaban J connectivity index is 1.65.